The van der Waals surface area contributed by atoms with Crippen LogP contribution in [0.4, 0.5) is 11.5 Å². The van der Waals surface area contributed by atoms with E-state index in [-0.39, 0.29) is 0 Å². The number of fused-ring (bicyclic) bond motifs is 1. The average Bonchev–Trinajstić information content (AvgIpc) is 2.70. The van der Waals surface area contributed by atoms with Gasteiger partial charge in [0, 0.05) is 17.6 Å². The number of anilines is 2. The van der Waals surface area contributed by atoms with Gasteiger partial charge in [0.05, 0.1) is 5.52 Å². The van der Waals surface area contributed by atoms with Crippen LogP contribution < -0.4 is 15.8 Å². The van der Waals surface area contributed by atoms with E-state index in [0.29, 0.717) is 5.69 Å². The third kappa shape index (κ3) is 3.98. The van der Waals surface area contributed by atoms with Crippen molar-refractivity contribution in [3.8, 4) is 11.5 Å². The fourth-order valence-corrected chi connectivity index (χ4v) is 2.96. The molecule has 3 aromatic carbocycles. The lowest BCUT2D eigenvalue weighted by atomic mass is 10.1. The lowest BCUT2D eigenvalue weighted by Gasteiger charge is -2.12. The number of nitrogens with one attached hydrogen (secondary N) is 1. The molecule has 0 aliphatic carbocycles. The van der Waals surface area contributed by atoms with Crippen molar-refractivity contribution >= 4 is 22.4 Å². The molecule has 0 atom stereocenters. The zero-order chi connectivity index (χ0) is 18.5. The molecule has 0 fully saturated rings. The summed E-state index contributed by atoms with van der Waals surface area (Å²) in [7, 11) is 0. The van der Waals surface area contributed by atoms with E-state index in [0.717, 1.165) is 46.7 Å². The van der Waals surface area contributed by atoms with Gasteiger partial charge in [0.1, 0.15) is 23.6 Å². The van der Waals surface area contributed by atoms with Crippen molar-refractivity contribution in [2.45, 2.75) is 6.42 Å². The standard InChI is InChI=1S/C22H20N4O/c23-17-10-11-20-19(14-17)22(26-15-25-20)24-13-12-16-6-4-5-9-21(16)27-18-7-2-1-3-8-18/h1-11,14-15H,12-13,23H2,(H,24,25,26). The summed E-state index contributed by atoms with van der Waals surface area (Å²) < 4.78 is 6.03. The first-order chi connectivity index (χ1) is 13.3. The SMILES string of the molecule is Nc1ccc2ncnc(NCCc3ccccc3Oc3ccccc3)c2c1. The third-order valence-corrected chi connectivity index (χ3v) is 4.29. The summed E-state index contributed by atoms with van der Waals surface area (Å²) in [6.07, 6.45) is 2.37. The van der Waals surface area contributed by atoms with Gasteiger partial charge in [0.15, 0.2) is 0 Å². The van der Waals surface area contributed by atoms with Crippen molar-refractivity contribution in [2.24, 2.45) is 0 Å². The molecule has 27 heavy (non-hydrogen) atoms. The fraction of sp³-hybridized carbons (Fsp3) is 0.0909. The van der Waals surface area contributed by atoms with Gasteiger partial charge < -0.3 is 15.8 Å². The number of aromatic nitrogens is 2. The Hall–Kier alpha value is -3.60. The second-order valence-electron chi connectivity index (χ2n) is 6.20. The first-order valence-electron chi connectivity index (χ1n) is 8.84. The Bertz CT molecular complexity index is 1050. The molecular weight excluding hydrogens is 336 g/mol. The molecule has 0 aliphatic heterocycles. The van der Waals surface area contributed by atoms with Gasteiger partial charge in [-0.3, -0.25) is 0 Å². The average molecular weight is 356 g/mol. The molecule has 0 amide bonds. The molecule has 1 heterocycles. The Morgan fingerprint density at radius 3 is 2.59 bits per heavy atom. The van der Waals surface area contributed by atoms with Crippen LogP contribution >= 0.6 is 0 Å². The maximum absolute atomic E-state index is 6.03. The highest BCUT2D eigenvalue weighted by molar-refractivity contribution is 5.91. The van der Waals surface area contributed by atoms with E-state index in [1.807, 2.05) is 66.7 Å². The van der Waals surface area contributed by atoms with Crippen LogP contribution in [0, 0.1) is 0 Å². The topological polar surface area (TPSA) is 73.1 Å². The fourth-order valence-electron chi connectivity index (χ4n) is 2.96. The van der Waals surface area contributed by atoms with Crippen LogP contribution in [0.2, 0.25) is 0 Å². The number of rotatable bonds is 6. The number of para-hydroxylation sites is 2. The highest BCUT2D eigenvalue weighted by atomic mass is 16.5. The smallest absolute Gasteiger partial charge is 0.137 e. The molecular formula is C22H20N4O. The van der Waals surface area contributed by atoms with Crippen LogP contribution in [0.25, 0.3) is 10.9 Å². The predicted octanol–water partition coefficient (Wildman–Crippen LogP) is 4.66. The van der Waals surface area contributed by atoms with Crippen molar-refractivity contribution in [2.75, 3.05) is 17.6 Å². The lowest BCUT2D eigenvalue weighted by Crippen LogP contribution is -2.08. The summed E-state index contributed by atoms with van der Waals surface area (Å²) in [4.78, 5) is 8.64. The van der Waals surface area contributed by atoms with Crippen LogP contribution in [0.3, 0.4) is 0 Å². The number of ether oxygens (including phenoxy) is 1. The molecule has 0 spiro atoms. The quantitative estimate of drug-likeness (QED) is 0.492. The second kappa shape index (κ2) is 7.74. The molecule has 0 saturated carbocycles. The van der Waals surface area contributed by atoms with Gasteiger partial charge in [-0.05, 0) is 48.4 Å². The minimum Gasteiger partial charge on any atom is -0.457 e. The number of nitrogens with two attached hydrogens (primary N) is 1. The molecule has 5 heteroatoms. The summed E-state index contributed by atoms with van der Waals surface area (Å²) in [6, 6.07) is 23.5. The van der Waals surface area contributed by atoms with Gasteiger partial charge in [0.25, 0.3) is 0 Å². The summed E-state index contributed by atoms with van der Waals surface area (Å²) in [5.74, 6) is 2.48. The maximum atomic E-state index is 6.03. The highest BCUT2D eigenvalue weighted by Gasteiger charge is 2.07. The molecule has 0 saturated heterocycles. The Morgan fingerprint density at radius 1 is 0.889 bits per heavy atom. The van der Waals surface area contributed by atoms with E-state index >= 15 is 0 Å². The molecule has 134 valence electrons. The van der Waals surface area contributed by atoms with E-state index in [9.17, 15) is 0 Å². The van der Waals surface area contributed by atoms with Gasteiger partial charge in [-0.25, -0.2) is 9.97 Å². The first kappa shape index (κ1) is 16.8. The Balaban J connectivity index is 1.48. The van der Waals surface area contributed by atoms with Crippen LogP contribution in [-0.2, 0) is 6.42 Å². The van der Waals surface area contributed by atoms with E-state index in [1.165, 1.54) is 0 Å². The summed E-state index contributed by atoms with van der Waals surface area (Å²) in [6.45, 7) is 0.718. The third-order valence-electron chi connectivity index (χ3n) is 4.29. The molecule has 4 aromatic rings. The van der Waals surface area contributed by atoms with Gasteiger partial charge in [-0.1, -0.05) is 36.4 Å². The van der Waals surface area contributed by atoms with E-state index < -0.39 is 0 Å². The van der Waals surface area contributed by atoms with Crippen molar-refractivity contribution < 1.29 is 4.74 Å². The number of hydrogen-bond acceptors (Lipinski definition) is 5. The molecule has 0 bridgehead atoms. The Morgan fingerprint density at radius 2 is 1.70 bits per heavy atom. The lowest BCUT2D eigenvalue weighted by molar-refractivity contribution is 0.476. The Kier molecular flexibility index (Phi) is 4.83. The molecule has 4 rings (SSSR count). The first-order valence-corrected chi connectivity index (χ1v) is 8.84. The van der Waals surface area contributed by atoms with Crippen molar-refractivity contribution in [3.05, 3.63) is 84.7 Å². The number of nitrogens with zero attached hydrogens (tertiary/aromatic N) is 2. The molecule has 0 radical (unpaired) electrons. The van der Waals surface area contributed by atoms with Gasteiger partial charge in [0.2, 0.25) is 0 Å². The predicted molar refractivity (Wildman–Crippen MR) is 109 cm³/mol. The molecule has 3 N–H and O–H groups in total. The highest BCUT2D eigenvalue weighted by Crippen LogP contribution is 2.26. The summed E-state index contributed by atoms with van der Waals surface area (Å²) in [5, 5.41) is 4.31. The monoisotopic (exact) mass is 356 g/mol. The molecule has 5 nitrogen and oxygen atoms in total. The van der Waals surface area contributed by atoms with Crippen molar-refractivity contribution in [3.63, 3.8) is 0 Å². The van der Waals surface area contributed by atoms with E-state index in [1.54, 1.807) is 6.33 Å². The van der Waals surface area contributed by atoms with E-state index in [2.05, 4.69) is 21.4 Å². The zero-order valence-electron chi connectivity index (χ0n) is 14.8. The maximum Gasteiger partial charge on any atom is 0.137 e. The minimum absolute atomic E-state index is 0.696. The minimum atomic E-state index is 0.696. The molecule has 0 unspecified atom stereocenters. The molecule has 1 aromatic heterocycles. The van der Waals surface area contributed by atoms with Crippen LogP contribution in [-0.4, -0.2) is 16.5 Å². The molecule has 0 aliphatic rings. The summed E-state index contributed by atoms with van der Waals surface area (Å²) >= 11 is 0. The second-order valence-corrected chi connectivity index (χ2v) is 6.20. The van der Waals surface area contributed by atoms with Crippen LogP contribution in [0.5, 0.6) is 11.5 Å². The normalized spacial score (nSPS) is 10.7. The summed E-state index contributed by atoms with van der Waals surface area (Å²) in [5.41, 5.74) is 8.60. The van der Waals surface area contributed by atoms with Gasteiger partial charge >= 0.3 is 0 Å². The Labute approximate surface area is 157 Å². The van der Waals surface area contributed by atoms with Crippen LogP contribution in [0.15, 0.2) is 79.1 Å². The van der Waals surface area contributed by atoms with Crippen molar-refractivity contribution in [1.82, 2.24) is 9.97 Å². The number of benzene rings is 3. The van der Waals surface area contributed by atoms with E-state index in [4.69, 9.17) is 10.5 Å². The number of nitrogen functional groups attached to an aromatic ring is 1. The van der Waals surface area contributed by atoms with Crippen molar-refractivity contribution in [1.29, 1.82) is 0 Å². The van der Waals surface area contributed by atoms with Gasteiger partial charge in [-0.2, -0.15) is 0 Å². The number of hydrogen-bond donors (Lipinski definition) is 2. The van der Waals surface area contributed by atoms with Gasteiger partial charge in [-0.15, -0.1) is 0 Å². The van der Waals surface area contributed by atoms with Crippen LogP contribution in [0.1, 0.15) is 5.56 Å². The zero-order valence-corrected chi connectivity index (χ0v) is 14.8. The largest absolute Gasteiger partial charge is 0.457 e.